The van der Waals surface area contributed by atoms with Gasteiger partial charge in [-0.2, -0.15) is 4.31 Å². The van der Waals surface area contributed by atoms with Crippen molar-refractivity contribution in [3.63, 3.8) is 0 Å². The van der Waals surface area contributed by atoms with Crippen LogP contribution in [0.4, 0.5) is 0 Å². The van der Waals surface area contributed by atoms with Gasteiger partial charge in [0.1, 0.15) is 9.84 Å². The first-order valence-corrected chi connectivity index (χ1v) is 10.5. The van der Waals surface area contributed by atoms with Gasteiger partial charge in [0.15, 0.2) is 0 Å². The van der Waals surface area contributed by atoms with Gasteiger partial charge in [-0.3, -0.25) is 0 Å². The number of aliphatic hydroxyl groups is 1. The summed E-state index contributed by atoms with van der Waals surface area (Å²) in [7, 11) is -6.58. The van der Waals surface area contributed by atoms with Crippen molar-refractivity contribution in [1.29, 1.82) is 0 Å². The molecule has 0 radical (unpaired) electrons. The first-order chi connectivity index (χ1) is 9.37. The summed E-state index contributed by atoms with van der Waals surface area (Å²) in [4.78, 5) is 0. The highest BCUT2D eigenvalue weighted by Crippen LogP contribution is 2.30. The van der Waals surface area contributed by atoms with E-state index in [0.717, 1.165) is 25.7 Å². The molecule has 1 saturated carbocycles. The first kappa shape index (κ1) is 16.2. The molecule has 1 aliphatic carbocycles. The van der Waals surface area contributed by atoms with Crippen LogP contribution in [0.2, 0.25) is 0 Å². The van der Waals surface area contributed by atoms with E-state index in [0.29, 0.717) is 0 Å². The summed E-state index contributed by atoms with van der Waals surface area (Å²) < 4.78 is 49.7. The smallest absolute Gasteiger partial charge is 0.217 e. The van der Waals surface area contributed by atoms with Gasteiger partial charge in [-0.25, -0.2) is 16.8 Å². The molecule has 0 amide bonds. The van der Waals surface area contributed by atoms with Crippen molar-refractivity contribution in [2.75, 3.05) is 24.7 Å². The summed E-state index contributed by atoms with van der Waals surface area (Å²) in [6, 6.07) is -0.0225. The minimum absolute atomic E-state index is 0.0225. The molecule has 0 spiro atoms. The van der Waals surface area contributed by atoms with Crippen LogP contribution < -0.4 is 0 Å². The van der Waals surface area contributed by atoms with E-state index in [9.17, 15) is 16.8 Å². The van der Waals surface area contributed by atoms with Crippen LogP contribution in [0.15, 0.2) is 0 Å². The van der Waals surface area contributed by atoms with Crippen LogP contribution in [0.1, 0.15) is 38.5 Å². The van der Waals surface area contributed by atoms with Gasteiger partial charge in [0, 0.05) is 12.6 Å². The summed E-state index contributed by atoms with van der Waals surface area (Å²) in [5.41, 5.74) is 0. The Morgan fingerprint density at radius 3 is 2.10 bits per heavy atom. The summed E-state index contributed by atoms with van der Waals surface area (Å²) in [6.45, 7) is -0.0724. The fourth-order valence-corrected chi connectivity index (χ4v) is 7.13. The zero-order valence-electron chi connectivity index (χ0n) is 11.6. The second kappa shape index (κ2) is 6.29. The Balaban J connectivity index is 2.13. The van der Waals surface area contributed by atoms with Gasteiger partial charge in [-0.15, -0.1) is 0 Å². The second-order valence-electron chi connectivity index (χ2n) is 5.67. The van der Waals surface area contributed by atoms with Crippen molar-refractivity contribution in [1.82, 2.24) is 4.31 Å². The van der Waals surface area contributed by atoms with Gasteiger partial charge in [0.25, 0.3) is 0 Å². The normalized spacial score (nSPS) is 25.3. The van der Waals surface area contributed by atoms with E-state index in [4.69, 9.17) is 5.11 Å². The molecular formula is C12H23NO5S2. The number of aliphatic hydroxyl groups excluding tert-OH is 1. The standard InChI is InChI=1S/C12H23NO5S2/c14-8-7-13(11-3-1-2-4-11)20(17,18)12-5-9-19(15,16)10-6-12/h11-12,14H,1-10H2. The van der Waals surface area contributed by atoms with E-state index in [1.165, 1.54) is 4.31 Å². The number of rotatable bonds is 5. The molecule has 1 heterocycles. The Morgan fingerprint density at radius 2 is 1.60 bits per heavy atom. The lowest BCUT2D eigenvalue weighted by molar-refractivity contribution is 0.224. The molecule has 8 heteroatoms. The predicted octanol–water partition coefficient (Wildman–Crippen LogP) is 0.130. The van der Waals surface area contributed by atoms with Crippen LogP contribution in [-0.4, -0.2) is 62.2 Å². The first-order valence-electron chi connectivity index (χ1n) is 7.19. The predicted molar refractivity (Wildman–Crippen MR) is 76.6 cm³/mol. The van der Waals surface area contributed by atoms with Crippen molar-refractivity contribution in [3.05, 3.63) is 0 Å². The molecule has 2 aliphatic rings. The third-order valence-corrected chi connectivity index (χ3v) is 8.47. The summed E-state index contributed by atoms with van der Waals surface area (Å²) in [6.07, 6.45) is 4.06. The molecule has 2 rings (SSSR count). The van der Waals surface area contributed by atoms with Crippen LogP contribution in [0.25, 0.3) is 0 Å². The number of hydrogen-bond acceptors (Lipinski definition) is 5. The molecule has 0 unspecified atom stereocenters. The third-order valence-electron chi connectivity index (χ3n) is 4.30. The van der Waals surface area contributed by atoms with E-state index < -0.39 is 25.1 Å². The molecule has 0 bridgehead atoms. The molecule has 1 aliphatic heterocycles. The molecular weight excluding hydrogens is 302 g/mol. The maximum absolute atomic E-state index is 12.7. The molecule has 0 aromatic heterocycles. The molecule has 6 nitrogen and oxygen atoms in total. The molecule has 1 N–H and O–H groups in total. The molecule has 2 fully saturated rings. The van der Waals surface area contributed by atoms with Gasteiger partial charge >= 0.3 is 0 Å². The fourth-order valence-electron chi connectivity index (χ4n) is 3.17. The lowest BCUT2D eigenvalue weighted by Gasteiger charge is -2.33. The van der Waals surface area contributed by atoms with Gasteiger partial charge < -0.3 is 5.11 Å². The van der Waals surface area contributed by atoms with Crippen molar-refractivity contribution >= 4 is 19.9 Å². The summed E-state index contributed by atoms with van der Waals surface area (Å²) in [5.74, 6) is -0.0942. The quantitative estimate of drug-likeness (QED) is 0.776. The van der Waals surface area contributed by atoms with Gasteiger partial charge in [0.05, 0.1) is 23.4 Å². The van der Waals surface area contributed by atoms with Crippen molar-refractivity contribution in [2.24, 2.45) is 0 Å². The third kappa shape index (κ3) is 3.52. The number of nitrogens with zero attached hydrogens (tertiary/aromatic N) is 1. The number of sulfonamides is 1. The largest absolute Gasteiger partial charge is 0.395 e. The lowest BCUT2D eigenvalue weighted by atomic mass is 10.2. The van der Waals surface area contributed by atoms with E-state index in [-0.39, 0.29) is 43.5 Å². The summed E-state index contributed by atoms with van der Waals surface area (Å²) in [5, 5.41) is 8.53. The highest BCUT2D eigenvalue weighted by molar-refractivity contribution is 7.92. The van der Waals surface area contributed by atoms with E-state index in [1.54, 1.807) is 0 Å². The van der Waals surface area contributed by atoms with Crippen LogP contribution in [0.3, 0.4) is 0 Å². The van der Waals surface area contributed by atoms with E-state index >= 15 is 0 Å². The highest BCUT2D eigenvalue weighted by Gasteiger charge is 2.39. The zero-order chi connectivity index (χ0) is 14.8. The van der Waals surface area contributed by atoms with Crippen molar-refractivity contribution in [2.45, 2.75) is 49.8 Å². The lowest BCUT2D eigenvalue weighted by Crippen LogP contribution is -2.47. The summed E-state index contributed by atoms with van der Waals surface area (Å²) >= 11 is 0. The van der Waals surface area contributed by atoms with Crippen molar-refractivity contribution in [3.8, 4) is 0 Å². The Kier molecular flexibility index (Phi) is 5.09. The minimum Gasteiger partial charge on any atom is -0.395 e. The maximum atomic E-state index is 12.7. The second-order valence-corrected chi connectivity index (χ2v) is 10.1. The SMILES string of the molecule is O=S1(=O)CCC(S(=O)(=O)N(CCO)C2CCCC2)CC1. The van der Waals surface area contributed by atoms with E-state index in [2.05, 4.69) is 0 Å². The molecule has 1 saturated heterocycles. The van der Waals surface area contributed by atoms with Gasteiger partial charge in [-0.1, -0.05) is 12.8 Å². The number of sulfone groups is 1. The molecule has 118 valence electrons. The Bertz CT molecular complexity index is 508. The minimum atomic E-state index is -3.51. The van der Waals surface area contributed by atoms with Crippen molar-refractivity contribution < 1.29 is 21.9 Å². The molecule has 0 atom stereocenters. The molecule has 20 heavy (non-hydrogen) atoms. The molecule has 0 aromatic carbocycles. The van der Waals surface area contributed by atoms with Crippen LogP contribution in [-0.2, 0) is 19.9 Å². The highest BCUT2D eigenvalue weighted by atomic mass is 32.2. The van der Waals surface area contributed by atoms with Gasteiger partial charge in [0.2, 0.25) is 10.0 Å². The van der Waals surface area contributed by atoms with E-state index in [1.807, 2.05) is 0 Å². The monoisotopic (exact) mass is 325 g/mol. The van der Waals surface area contributed by atoms with Crippen LogP contribution in [0.5, 0.6) is 0 Å². The Labute approximate surface area is 121 Å². The zero-order valence-corrected chi connectivity index (χ0v) is 13.2. The van der Waals surface area contributed by atoms with Crippen LogP contribution in [0, 0.1) is 0 Å². The maximum Gasteiger partial charge on any atom is 0.217 e. The Morgan fingerprint density at radius 1 is 1.05 bits per heavy atom. The molecule has 0 aromatic rings. The average molecular weight is 325 g/mol. The Hall–Kier alpha value is -0.180. The van der Waals surface area contributed by atoms with Gasteiger partial charge in [-0.05, 0) is 25.7 Å². The van der Waals surface area contributed by atoms with Crippen LogP contribution >= 0.6 is 0 Å². The number of hydrogen-bond donors (Lipinski definition) is 1. The fraction of sp³-hybridized carbons (Fsp3) is 1.00. The average Bonchev–Trinajstić information content (AvgIpc) is 2.88. The topological polar surface area (TPSA) is 91.8 Å².